The molecule has 0 aliphatic heterocycles. The molecule has 0 radical (unpaired) electrons. The lowest BCUT2D eigenvalue weighted by Gasteiger charge is -2.18. The molecule has 0 bridgehead atoms. The van der Waals surface area contributed by atoms with Crippen LogP contribution in [0.5, 0.6) is 0 Å². The molecule has 1 unspecified atom stereocenters. The number of hydrogen-bond acceptors (Lipinski definition) is 5. The van der Waals surface area contributed by atoms with Crippen molar-refractivity contribution in [1.29, 1.82) is 5.26 Å². The first kappa shape index (κ1) is 23.0. The Hall–Kier alpha value is -3.68. The van der Waals surface area contributed by atoms with Gasteiger partial charge in [-0.05, 0) is 50.1 Å². The SMILES string of the molecule is CC(C#N)C(=O)NC1(C(=O)NCc2ccc(Nc3ccc(F)cc3C(F)(F)F)cn2)CC1. The first-order chi connectivity index (χ1) is 15.0. The zero-order chi connectivity index (χ0) is 23.5. The van der Waals surface area contributed by atoms with Gasteiger partial charge in [0.25, 0.3) is 0 Å². The van der Waals surface area contributed by atoms with E-state index in [0.717, 1.165) is 12.1 Å². The Balaban J connectivity index is 1.60. The number of anilines is 2. The number of aromatic nitrogens is 1. The minimum Gasteiger partial charge on any atom is -0.354 e. The Morgan fingerprint density at radius 2 is 1.97 bits per heavy atom. The van der Waals surface area contributed by atoms with Gasteiger partial charge < -0.3 is 16.0 Å². The predicted octanol–water partition coefficient (Wildman–Crippen LogP) is 3.41. The summed E-state index contributed by atoms with van der Waals surface area (Å²) in [6.45, 7) is 1.47. The monoisotopic (exact) mass is 449 g/mol. The highest BCUT2D eigenvalue weighted by molar-refractivity contribution is 5.95. The van der Waals surface area contributed by atoms with Gasteiger partial charge in [-0.2, -0.15) is 18.4 Å². The quantitative estimate of drug-likeness (QED) is 0.562. The summed E-state index contributed by atoms with van der Waals surface area (Å²) in [5.74, 6) is -2.80. The summed E-state index contributed by atoms with van der Waals surface area (Å²) in [6, 6.07) is 7.10. The van der Waals surface area contributed by atoms with Crippen LogP contribution in [0.25, 0.3) is 0 Å². The number of carbonyl (C=O) groups excluding carboxylic acids is 2. The lowest BCUT2D eigenvalue weighted by molar-refractivity contribution is -0.137. The van der Waals surface area contributed by atoms with Crippen LogP contribution in [0.3, 0.4) is 0 Å². The van der Waals surface area contributed by atoms with Crippen LogP contribution in [0, 0.1) is 23.1 Å². The van der Waals surface area contributed by atoms with Crippen LogP contribution in [0.2, 0.25) is 0 Å². The van der Waals surface area contributed by atoms with Crippen LogP contribution >= 0.6 is 0 Å². The van der Waals surface area contributed by atoms with E-state index >= 15 is 0 Å². The van der Waals surface area contributed by atoms with Crippen molar-refractivity contribution < 1.29 is 27.2 Å². The van der Waals surface area contributed by atoms with E-state index < -0.39 is 40.8 Å². The second kappa shape index (κ2) is 8.82. The molecule has 0 saturated heterocycles. The lowest BCUT2D eigenvalue weighted by Crippen LogP contribution is -2.50. The average molecular weight is 449 g/mol. The number of rotatable bonds is 7. The van der Waals surface area contributed by atoms with Gasteiger partial charge >= 0.3 is 6.18 Å². The molecule has 11 heteroatoms. The molecule has 2 amide bonds. The Bertz CT molecular complexity index is 1060. The molecule has 0 spiro atoms. The molecular formula is C21H19F4N5O2. The van der Waals surface area contributed by atoms with Crippen LogP contribution in [-0.2, 0) is 22.3 Å². The summed E-state index contributed by atoms with van der Waals surface area (Å²) in [5, 5.41) is 16.6. The smallest absolute Gasteiger partial charge is 0.354 e. The van der Waals surface area contributed by atoms with Crippen molar-refractivity contribution in [2.45, 2.75) is 38.0 Å². The van der Waals surface area contributed by atoms with E-state index in [0.29, 0.717) is 24.6 Å². The van der Waals surface area contributed by atoms with E-state index in [-0.39, 0.29) is 17.9 Å². The summed E-state index contributed by atoms with van der Waals surface area (Å²) in [5.41, 5.74) is -1.81. The number of carbonyl (C=O) groups is 2. The number of hydrogen-bond donors (Lipinski definition) is 3. The van der Waals surface area contributed by atoms with Gasteiger partial charge in [0, 0.05) is 0 Å². The number of nitriles is 1. The van der Waals surface area contributed by atoms with Crippen LogP contribution in [0.4, 0.5) is 28.9 Å². The number of benzene rings is 1. The van der Waals surface area contributed by atoms with Gasteiger partial charge in [0.15, 0.2) is 0 Å². The van der Waals surface area contributed by atoms with Crippen molar-refractivity contribution in [3.8, 4) is 6.07 Å². The molecule has 32 heavy (non-hydrogen) atoms. The van der Waals surface area contributed by atoms with Gasteiger partial charge in [-0.1, -0.05) is 0 Å². The van der Waals surface area contributed by atoms with Crippen molar-refractivity contribution in [2.24, 2.45) is 5.92 Å². The molecule has 1 aromatic heterocycles. The fraction of sp³-hybridized carbons (Fsp3) is 0.333. The molecule has 3 rings (SSSR count). The molecule has 3 N–H and O–H groups in total. The van der Waals surface area contributed by atoms with E-state index in [9.17, 15) is 27.2 Å². The standard InChI is InChI=1S/C21H19F4N5O2/c1-12(9-26)18(31)30-20(6-7-20)19(32)28-10-14-3-4-15(11-27-14)29-17-5-2-13(22)8-16(17)21(23,24)25/h2-5,8,11-12,29H,6-7,10H2,1H3,(H,28,32)(H,30,31). The third kappa shape index (κ3) is 5.32. The summed E-state index contributed by atoms with van der Waals surface area (Å²) in [7, 11) is 0. The van der Waals surface area contributed by atoms with Crippen molar-refractivity contribution in [3.63, 3.8) is 0 Å². The number of halogens is 4. The Kier molecular flexibility index (Phi) is 6.34. The highest BCUT2D eigenvalue weighted by atomic mass is 19.4. The molecule has 1 atom stereocenters. The predicted molar refractivity (Wildman–Crippen MR) is 106 cm³/mol. The molecule has 1 fully saturated rings. The van der Waals surface area contributed by atoms with E-state index in [2.05, 4.69) is 20.9 Å². The van der Waals surface area contributed by atoms with E-state index in [1.165, 1.54) is 25.3 Å². The van der Waals surface area contributed by atoms with Gasteiger partial charge in [0.2, 0.25) is 11.8 Å². The van der Waals surface area contributed by atoms with Crippen LogP contribution in [0.15, 0.2) is 36.5 Å². The minimum atomic E-state index is -4.73. The molecule has 168 valence electrons. The number of alkyl halides is 3. The summed E-state index contributed by atoms with van der Waals surface area (Å²) >= 11 is 0. The average Bonchev–Trinajstić information content (AvgIpc) is 3.53. The van der Waals surface area contributed by atoms with Gasteiger partial charge in [-0.25, -0.2) is 4.39 Å². The fourth-order valence-electron chi connectivity index (χ4n) is 2.90. The number of pyridine rings is 1. The fourth-order valence-corrected chi connectivity index (χ4v) is 2.90. The third-order valence-corrected chi connectivity index (χ3v) is 4.95. The molecule has 1 aliphatic rings. The van der Waals surface area contributed by atoms with Crippen molar-refractivity contribution in [2.75, 3.05) is 5.32 Å². The molecule has 1 heterocycles. The molecule has 1 aliphatic carbocycles. The Morgan fingerprint density at radius 3 is 2.53 bits per heavy atom. The van der Waals surface area contributed by atoms with Crippen LogP contribution < -0.4 is 16.0 Å². The van der Waals surface area contributed by atoms with Crippen LogP contribution in [-0.4, -0.2) is 22.3 Å². The molecule has 1 aromatic carbocycles. The van der Waals surface area contributed by atoms with E-state index in [1.807, 2.05) is 6.07 Å². The first-order valence-electron chi connectivity index (χ1n) is 9.63. The van der Waals surface area contributed by atoms with Crippen molar-refractivity contribution >= 4 is 23.2 Å². The van der Waals surface area contributed by atoms with E-state index in [4.69, 9.17) is 5.26 Å². The second-order valence-corrected chi connectivity index (χ2v) is 7.46. The largest absolute Gasteiger partial charge is 0.418 e. The van der Waals surface area contributed by atoms with Gasteiger partial charge in [-0.3, -0.25) is 14.6 Å². The normalized spacial score (nSPS) is 15.2. The third-order valence-electron chi connectivity index (χ3n) is 4.95. The maximum Gasteiger partial charge on any atom is 0.418 e. The molecule has 2 aromatic rings. The molecular weight excluding hydrogens is 430 g/mol. The molecule has 1 saturated carbocycles. The Labute approximate surface area is 180 Å². The number of nitrogens with one attached hydrogen (secondary N) is 3. The lowest BCUT2D eigenvalue weighted by atomic mass is 10.1. The maximum atomic E-state index is 13.2. The van der Waals surface area contributed by atoms with Crippen molar-refractivity contribution in [3.05, 3.63) is 53.6 Å². The summed E-state index contributed by atoms with van der Waals surface area (Å²) in [6.07, 6.45) is -2.54. The summed E-state index contributed by atoms with van der Waals surface area (Å²) < 4.78 is 52.6. The molecule has 7 nitrogen and oxygen atoms in total. The van der Waals surface area contributed by atoms with Gasteiger partial charge in [0.1, 0.15) is 17.3 Å². The Morgan fingerprint density at radius 1 is 1.25 bits per heavy atom. The van der Waals surface area contributed by atoms with E-state index in [1.54, 1.807) is 0 Å². The van der Waals surface area contributed by atoms with Gasteiger partial charge in [0.05, 0.1) is 41.4 Å². The topological polar surface area (TPSA) is 107 Å². The number of amides is 2. The summed E-state index contributed by atoms with van der Waals surface area (Å²) in [4.78, 5) is 28.4. The zero-order valence-corrected chi connectivity index (χ0v) is 16.9. The highest BCUT2D eigenvalue weighted by Crippen LogP contribution is 2.37. The second-order valence-electron chi connectivity index (χ2n) is 7.46. The first-order valence-corrected chi connectivity index (χ1v) is 9.63. The van der Waals surface area contributed by atoms with Crippen LogP contribution in [0.1, 0.15) is 31.0 Å². The zero-order valence-electron chi connectivity index (χ0n) is 16.9. The maximum absolute atomic E-state index is 13.2. The van der Waals surface area contributed by atoms with Crippen molar-refractivity contribution in [1.82, 2.24) is 15.6 Å². The van der Waals surface area contributed by atoms with Gasteiger partial charge in [-0.15, -0.1) is 0 Å². The minimum absolute atomic E-state index is 0.0366. The highest BCUT2D eigenvalue weighted by Gasteiger charge is 2.51. The number of nitrogens with zero attached hydrogens (tertiary/aromatic N) is 2.